The number of hydrogen-bond acceptors (Lipinski definition) is 9. The van der Waals surface area contributed by atoms with Crippen molar-refractivity contribution in [2.24, 2.45) is 5.92 Å². The summed E-state index contributed by atoms with van der Waals surface area (Å²) in [4.78, 5) is 40.9. The maximum atomic E-state index is 13.8. The first-order valence-electron chi connectivity index (χ1n) is 16.6. The van der Waals surface area contributed by atoms with Gasteiger partial charge in [-0.15, -0.1) is 0 Å². The molecule has 5 N–H and O–H groups in total. The molecule has 1 heterocycles. The van der Waals surface area contributed by atoms with Crippen molar-refractivity contribution in [3.63, 3.8) is 0 Å². The molecule has 0 radical (unpaired) electrons. The van der Waals surface area contributed by atoms with E-state index < -0.39 is 22.2 Å². The Morgan fingerprint density at radius 2 is 1.62 bits per heavy atom. The number of nitrogens with one attached hydrogen (secondary N) is 2. The molecule has 3 aromatic rings. The zero-order valence-corrected chi connectivity index (χ0v) is 29.7. The van der Waals surface area contributed by atoms with Crippen molar-refractivity contribution in [3.8, 4) is 11.5 Å². The fourth-order valence-electron chi connectivity index (χ4n) is 5.62. The first-order valence-corrected chi connectivity index (χ1v) is 18.1. The van der Waals surface area contributed by atoms with Crippen molar-refractivity contribution in [1.29, 1.82) is 0 Å². The minimum absolute atomic E-state index is 0.0583. The van der Waals surface area contributed by atoms with E-state index in [1.807, 2.05) is 6.92 Å². The molecule has 0 aliphatic carbocycles. The first-order chi connectivity index (χ1) is 23.8. The lowest BCUT2D eigenvalue weighted by molar-refractivity contribution is -0.116. The Kier molecular flexibility index (Phi) is 13.2. The molecule has 0 unspecified atom stereocenters. The first kappa shape index (κ1) is 38.1. The van der Waals surface area contributed by atoms with Crippen LogP contribution in [0.25, 0.3) is 0 Å². The van der Waals surface area contributed by atoms with Crippen LogP contribution in [-0.4, -0.2) is 86.5 Å². The number of unbranched alkanes of at least 4 members (excludes halogenated alkanes) is 2. The summed E-state index contributed by atoms with van der Waals surface area (Å²) in [5, 5.41) is 15.6. The van der Waals surface area contributed by atoms with Gasteiger partial charge in [0.2, 0.25) is 21.8 Å². The maximum absolute atomic E-state index is 13.8. The normalized spacial score (nSPS) is 16.8. The number of ether oxygens (including phenoxy) is 2. The molecule has 1 aliphatic rings. The summed E-state index contributed by atoms with van der Waals surface area (Å²) in [5.41, 5.74) is 7.40. The lowest BCUT2D eigenvalue weighted by Gasteiger charge is -2.38. The Morgan fingerprint density at radius 3 is 2.24 bits per heavy atom. The van der Waals surface area contributed by atoms with Crippen molar-refractivity contribution < 1.29 is 37.4 Å². The van der Waals surface area contributed by atoms with Gasteiger partial charge in [0.25, 0.3) is 5.91 Å². The third-order valence-electron chi connectivity index (χ3n) is 8.71. The van der Waals surface area contributed by atoms with Gasteiger partial charge in [-0.25, -0.2) is 8.42 Å². The highest BCUT2D eigenvalue weighted by atomic mass is 32.2. The van der Waals surface area contributed by atoms with Gasteiger partial charge in [0.1, 0.15) is 11.9 Å². The monoisotopic (exact) mass is 709 g/mol. The summed E-state index contributed by atoms with van der Waals surface area (Å²) in [6, 6.07) is 17.4. The minimum atomic E-state index is -3.92. The number of benzene rings is 3. The molecule has 270 valence electrons. The van der Waals surface area contributed by atoms with Crippen LogP contribution < -0.4 is 25.8 Å². The number of sulfonamides is 1. The quantitative estimate of drug-likeness (QED) is 0.132. The Morgan fingerprint density at radius 1 is 1.00 bits per heavy atom. The number of hydrogen-bond donors (Lipinski definition) is 4. The van der Waals surface area contributed by atoms with Gasteiger partial charge in [0.15, 0.2) is 5.75 Å². The molecule has 3 aromatic carbocycles. The third-order valence-corrected chi connectivity index (χ3v) is 10.6. The third kappa shape index (κ3) is 9.52. The number of rotatable bonds is 15. The molecule has 0 spiro atoms. The number of nitrogens with two attached hydrogens (primary N) is 1. The number of anilines is 3. The SMILES string of the molecule is COc1ccc(S(=O)(=O)N(C)C[C@@H]2Oc3c(NC(=O)CCCCCC(=O)Nc4ccccc4N)cccc3C(=O)N([C@@H](C)CO)C[C@H]2C)cc1. The Balaban J connectivity index is 1.47. The number of fused-ring (bicyclic) bond motifs is 1. The van der Waals surface area contributed by atoms with Crippen LogP contribution in [0.15, 0.2) is 71.6 Å². The molecular formula is C36H47N5O8S. The fourth-order valence-corrected chi connectivity index (χ4v) is 6.81. The second-order valence-electron chi connectivity index (χ2n) is 12.5. The van der Waals surface area contributed by atoms with Crippen LogP contribution in [0.2, 0.25) is 0 Å². The number of nitrogen functional groups attached to an aromatic ring is 1. The van der Waals surface area contributed by atoms with E-state index in [-0.39, 0.29) is 78.1 Å². The van der Waals surface area contributed by atoms with Crippen LogP contribution in [0.3, 0.4) is 0 Å². The van der Waals surface area contributed by atoms with Gasteiger partial charge >= 0.3 is 0 Å². The molecule has 0 aromatic heterocycles. The van der Waals surface area contributed by atoms with Crippen molar-refractivity contribution in [2.45, 2.75) is 63.0 Å². The van der Waals surface area contributed by atoms with E-state index in [0.29, 0.717) is 36.4 Å². The van der Waals surface area contributed by atoms with Gasteiger partial charge in [0.05, 0.1) is 53.8 Å². The molecule has 50 heavy (non-hydrogen) atoms. The van der Waals surface area contributed by atoms with Crippen molar-refractivity contribution in [3.05, 3.63) is 72.3 Å². The second-order valence-corrected chi connectivity index (χ2v) is 14.6. The number of carbonyl (C=O) groups excluding carboxylic acids is 3. The van der Waals surface area contributed by atoms with Crippen LogP contribution in [-0.2, 0) is 19.6 Å². The molecule has 0 fully saturated rings. The number of nitrogens with zero attached hydrogens (tertiary/aromatic N) is 2. The highest BCUT2D eigenvalue weighted by Gasteiger charge is 2.36. The summed E-state index contributed by atoms with van der Waals surface area (Å²) < 4.78 is 39.9. The van der Waals surface area contributed by atoms with Crippen molar-refractivity contribution in [1.82, 2.24) is 9.21 Å². The topological polar surface area (TPSA) is 181 Å². The van der Waals surface area contributed by atoms with E-state index in [4.69, 9.17) is 15.2 Å². The van der Waals surface area contributed by atoms with Crippen molar-refractivity contribution >= 4 is 44.8 Å². The predicted molar refractivity (Wildman–Crippen MR) is 192 cm³/mol. The van der Waals surface area contributed by atoms with Gasteiger partial charge in [-0.3, -0.25) is 14.4 Å². The number of para-hydroxylation sites is 3. The number of aliphatic hydroxyl groups is 1. The molecule has 0 bridgehead atoms. The highest BCUT2D eigenvalue weighted by molar-refractivity contribution is 7.89. The molecule has 3 amide bonds. The lowest BCUT2D eigenvalue weighted by Crippen LogP contribution is -2.50. The molecule has 0 saturated heterocycles. The Hall–Kier alpha value is -4.66. The van der Waals surface area contributed by atoms with E-state index >= 15 is 0 Å². The van der Waals surface area contributed by atoms with Crippen molar-refractivity contribution in [2.75, 3.05) is 50.2 Å². The van der Waals surface area contributed by atoms with Gasteiger partial charge in [-0.1, -0.05) is 31.5 Å². The summed E-state index contributed by atoms with van der Waals surface area (Å²) >= 11 is 0. The van der Waals surface area contributed by atoms with Gasteiger partial charge in [-0.05, 0) is 68.3 Å². The second kappa shape index (κ2) is 17.3. The zero-order chi connectivity index (χ0) is 36.4. The molecule has 13 nitrogen and oxygen atoms in total. The van der Waals surface area contributed by atoms with E-state index in [9.17, 15) is 27.9 Å². The van der Waals surface area contributed by atoms with Crippen LogP contribution in [0, 0.1) is 5.92 Å². The average molecular weight is 710 g/mol. The number of aliphatic hydroxyl groups excluding tert-OH is 1. The van der Waals surface area contributed by atoms with E-state index in [2.05, 4.69) is 10.6 Å². The van der Waals surface area contributed by atoms with Crippen LogP contribution in [0.5, 0.6) is 11.5 Å². The van der Waals surface area contributed by atoms with Crippen LogP contribution in [0.1, 0.15) is 56.3 Å². The predicted octanol–water partition coefficient (Wildman–Crippen LogP) is 4.35. The summed E-state index contributed by atoms with van der Waals surface area (Å²) in [6.45, 7) is 3.45. The maximum Gasteiger partial charge on any atom is 0.258 e. The van der Waals surface area contributed by atoms with Gasteiger partial charge < -0.3 is 35.8 Å². The number of likely N-dealkylation sites (N-methyl/N-ethyl adjacent to an activating group) is 1. The number of carbonyl (C=O) groups is 3. The smallest absolute Gasteiger partial charge is 0.258 e. The lowest BCUT2D eigenvalue weighted by atomic mass is 9.99. The summed E-state index contributed by atoms with van der Waals surface area (Å²) in [5.74, 6) is -0.554. The molecule has 3 atom stereocenters. The van der Waals surface area contributed by atoms with Crippen LogP contribution >= 0.6 is 0 Å². The standard InChI is InChI=1S/C36H47N5O8S/c1-24-21-41(25(2)23-42)36(45)28-11-10-14-31(39-34(44)16-7-5-6-15-33(43)38-30-13-9-8-12-29(30)37)35(28)49-32(24)22-40(3)50(46,47)27-19-17-26(48-4)18-20-27/h8-14,17-20,24-25,32,42H,5-7,15-16,21-23,37H2,1-4H3,(H,38,43)(H,39,44)/t24-,25+,32+/m1/s1. The number of amides is 3. The molecule has 4 rings (SSSR count). The molecule has 0 saturated carbocycles. The molecule has 14 heteroatoms. The van der Waals surface area contributed by atoms with E-state index in [0.717, 1.165) is 0 Å². The highest BCUT2D eigenvalue weighted by Crippen LogP contribution is 2.35. The summed E-state index contributed by atoms with van der Waals surface area (Å²) in [6.07, 6.45) is 1.45. The average Bonchev–Trinajstić information content (AvgIpc) is 3.10. The Labute approximate surface area is 293 Å². The minimum Gasteiger partial charge on any atom is -0.497 e. The van der Waals surface area contributed by atoms with Gasteiger partial charge in [-0.2, -0.15) is 4.31 Å². The number of methoxy groups -OCH3 is 1. The Bertz CT molecular complexity index is 1750. The zero-order valence-electron chi connectivity index (χ0n) is 28.9. The van der Waals surface area contributed by atoms with Crippen LogP contribution in [0.4, 0.5) is 17.1 Å². The molecule has 1 aliphatic heterocycles. The molecular weight excluding hydrogens is 662 g/mol. The largest absolute Gasteiger partial charge is 0.497 e. The summed E-state index contributed by atoms with van der Waals surface area (Å²) in [7, 11) is -0.963. The van der Waals surface area contributed by atoms with E-state index in [1.165, 1.54) is 30.6 Å². The fraction of sp³-hybridized carbons (Fsp3) is 0.417. The van der Waals surface area contributed by atoms with E-state index in [1.54, 1.807) is 66.4 Å². The van der Waals surface area contributed by atoms with Gasteiger partial charge in [0, 0.05) is 32.4 Å².